The monoisotopic (exact) mass is 263 g/mol. The largest absolute Gasteiger partial charge is 0.347 e. The van der Waals surface area contributed by atoms with Crippen molar-refractivity contribution in [2.75, 3.05) is 33.7 Å². The van der Waals surface area contributed by atoms with Crippen LogP contribution in [0.4, 0.5) is 0 Å². The lowest BCUT2D eigenvalue weighted by Gasteiger charge is -2.39. The van der Waals surface area contributed by atoms with Crippen LogP contribution in [0.1, 0.15) is 18.7 Å². The van der Waals surface area contributed by atoms with E-state index in [-0.39, 0.29) is 18.0 Å². The van der Waals surface area contributed by atoms with Crippen LogP contribution in [0.5, 0.6) is 0 Å². The van der Waals surface area contributed by atoms with Gasteiger partial charge in [0, 0.05) is 52.3 Å². The van der Waals surface area contributed by atoms with E-state index in [1.807, 2.05) is 0 Å². The molecule has 1 aliphatic heterocycles. The van der Waals surface area contributed by atoms with Gasteiger partial charge in [-0.15, -0.1) is 0 Å². The number of hydrogen-bond donors (Lipinski definition) is 1. The Morgan fingerprint density at radius 1 is 1.53 bits per heavy atom. The predicted molar refractivity (Wildman–Crippen MR) is 72.5 cm³/mol. The topological polar surface area (TPSA) is 61.4 Å². The molecule has 0 spiro atoms. The van der Waals surface area contributed by atoms with E-state index in [1.54, 1.807) is 37.6 Å². The van der Waals surface area contributed by atoms with Crippen molar-refractivity contribution in [1.82, 2.24) is 25.1 Å². The Balaban J connectivity index is 2.18. The third-order valence-electron chi connectivity index (χ3n) is 3.52. The third-order valence-corrected chi connectivity index (χ3v) is 3.52. The first kappa shape index (κ1) is 13.9. The van der Waals surface area contributed by atoms with E-state index in [4.69, 9.17) is 0 Å². The quantitative estimate of drug-likeness (QED) is 0.825. The lowest BCUT2D eigenvalue weighted by atomic mass is 10.1. The van der Waals surface area contributed by atoms with Gasteiger partial charge in [0.2, 0.25) is 5.91 Å². The van der Waals surface area contributed by atoms with Crippen LogP contribution in [0.2, 0.25) is 0 Å². The van der Waals surface area contributed by atoms with E-state index in [1.165, 1.54) is 0 Å². The van der Waals surface area contributed by atoms with Crippen LogP contribution in [0.25, 0.3) is 0 Å². The fourth-order valence-corrected chi connectivity index (χ4v) is 2.41. The van der Waals surface area contributed by atoms with Gasteiger partial charge in [-0.2, -0.15) is 0 Å². The Bertz CT molecular complexity index is 422. The molecule has 1 amide bonds. The van der Waals surface area contributed by atoms with Crippen LogP contribution in [-0.2, 0) is 4.79 Å². The molecule has 1 fully saturated rings. The van der Waals surface area contributed by atoms with Gasteiger partial charge in [-0.05, 0) is 6.92 Å². The number of carbonyl (C=O) groups is 1. The van der Waals surface area contributed by atoms with Crippen LogP contribution in [0.3, 0.4) is 0 Å². The molecule has 2 rings (SSSR count). The SMILES string of the molecule is CC(c1cnccn1)N1CCNCC1C(=O)N(C)C. The summed E-state index contributed by atoms with van der Waals surface area (Å²) in [5.41, 5.74) is 0.904. The van der Waals surface area contributed by atoms with Gasteiger partial charge in [0.15, 0.2) is 0 Å². The number of aromatic nitrogens is 2. The van der Waals surface area contributed by atoms with Crippen molar-refractivity contribution in [3.05, 3.63) is 24.3 Å². The van der Waals surface area contributed by atoms with Crippen molar-refractivity contribution in [2.24, 2.45) is 0 Å². The number of hydrogen-bond acceptors (Lipinski definition) is 5. The normalized spacial score (nSPS) is 21.9. The van der Waals surface area contributed by atoms with Gasteiger partial charge in [0.25, 0.3) is 0 Å². The molecule has 2 atom stereocenters. The zero-order valence-electron chi connectivity index (χ0n) is 11.7. The van der Waals surface area contributed by atoms with E-state index in [0.717, 1.165) is 18.8 Å². The Hall–Kier alpha value is -1.53. The van der Waals surface area contributed by atoms with Gasteiger partial charge in [-0.3, -0.25) is 19.7 Å². The lowest BCUT2D eigenvalue weighted by Crippen LogP contribution is -2.58. The molecular formula is C13H21N5O. The number of likely N-dealkylation sites (N-methyl/N-ethyl adjacent to an activating group) is 1. The highest BCUT2D eigenvalue weighted by atomic mass is 16.2. The Kier molecular flexibility index (Phi) is 4.44. The van der Waals surface area contributed by atoms with Gasteiger partial charge < -0.3 is 10.2 Å². The van der Waals surface area contributed by atoms with Crippen molar-refractivity contribution in [3.8, 4) is 0 Å². The van der Waals surface area contributed by atoms with E-state index in [9.17, 15) is 4.79 Å². The average Bonchev–Trinajstić information content (AvgIpc) is 2.46. The van der Waals surface area contributed by atoms with Crippen LogP contribution >= 0.6 is 0 Å². The Morgan fingerprint density at radius 3 is 2.95 bits per heavy atom. The molecule has 0 aliphatic carbocycles. The summed E-state index contributed by atoms with van der Waals surface area (Å²) in [5.74, 6) is 0.128. The van der Waals surface area contributed by atoms with E-state index in [2.05, 4.69) is 27.1 Å². The molecule has 2 heterocycles. The molecule has 0 bridgehead atoms. The Labute approximate surface area is 113 Å². The minimum absolute atomic E-state index is 0.0877. The summed E-state index contributed by atoms with van der Waals surface area (Å²) in [7, 11) is 3.59. The number of carbonyl (C=O) groups excluding carboxylic acids is 1. The molecule has 1 aromatic rings. The standard InChI is InChI=1S/C13H21N5O/c1-10(11-8-14-4-5-16-11)18-7-6-15-9-12(18)13(19)17(2)3/h4-5,8,10,12,15H,6-7,9H2,1-3H3. The molecule has 1 saturated heterocycles. The molecule has 6 heteroatoms. The van der Waals surface area contributed by atoms with E-state index in [0.29, 0.717) is 6.54 Å². The maximum absolute atomic E-state index is 12.3. The molecule has 1 aliphatic rings. The molecule has 19 heavy (non-hydrogen) atoms. The number of rotatable bonds is 3. The van der Waals surface area contributed by atoms with Crippen LogP contribution in [0.15, 0.2) is 18.6 Å². The fourth-order valence-electron chi connectivity index (χ4n) is 2.41. The maximum atomic E-state index is 12.3. The van der Waals surface area contributed by atoms with Crippen molar-refractivity contribution in [1.29, 1.82) is 0 Å². The molecule has 104 valence electrons. The van der Waals surface area contributed by atoms with Crippen molar-refractivity contribution in [3.63, 3.8) is 0 Å². The van der Waals surface area contributed by atoms with Gasteiger partial charge in [-0.1, -0.05) is 0 Å². The summed E-state index contributed by atoms with van der Waals surface area (Å²) in [4.78, 5) is 24.5. The molecule has 1 aromatic heterocycles. The fraction of sp³-hybridized carbons (Fsp3) is 0.615. The number of piperazine rings is 1. The minimum Gasteiger partial charge on any atom is -0.347 e. The zero-order chi connectivity index (χ0) is 13.8. The van der Waals surface area contributed by atoms with Crippen LogP contribution in [0, 0.1) is 0 Å². The molecule has 0 aromatic carbocycles. The second-order valence-corrected chi connectivity index (χ2v) is 5.00. The van der Waals surface area contributed by atoms with E-state index < -0.39 is 0 Å². The summed E-state index contributed by atoms with van der Waals surface area (Å²) in [6.45, 7) is 4.48. The third kappa shape index (κ3) is 3.08. The first-order valence-corrected chi connectivity index (χ1v) is 6.55. The van der Waals surface area contributed by atoms with Gasteiger partial charge >= 0.3 is 0 Å². The molecule has 1 N–H and O–H groups in total. The molecule has 6 nitrogen and oxygen atoms in total. The molecule has 2 unspecified atom stereocenters. The van der Waals surface area contributed by atoms with E-state index >= 15 is 0 Å². The highest BCUT2D eigenvalue weighted by molar-refractivity contribution is 5.81. The maximum Gasteiger partial charge on any atom is 0.240 e. The summed E-state index contributed by atoms with van der Waals surface area (Å²) in [6.07, 6.45) is 5.12. The summed E-state index contributed by atoms with van der Waals surface area (Å²) in [5, 5.41) is 3.28. The molecular weight excluding hydrogens is 242 g/mol. The molecule has 0 saturated carbocycles. The van der Waals surface area contributed by atoms with Crippen molar-refractivity contribution >= 4 is 5.91 Å². The second kappa shape index (κ2) is 6.08. The van der Waals surface area contributed by atoms with Crippen LogP contribution in [-0.4, -0.2) is 65.4 Å². The first-order valence-electron chi connectivity index (χ1n) is 6.55. The summed E-state index contributed by atoms with van der Waals surface area (Å²) in [6, 6.07) is -0.0505. The van der Waals surface area contributed by atoms with Crippen molar-refractivity contribution < 1.29 is 4.79 Å². The van der Waals surface area contributed by atoms with Gasteiger partial charge in [-0.25, -0.2) is 0 Å². The first-order chi connectivity index (χ1) is 9.11. The lowest BCUT2D eigenvalue weighted by molar-refractivity contribution is -0.136. The summed E-state index contributed by atoms with van der Waals surface area (Å²) < 4.78 is 0. The highest BCUT2D eigenvalue weighted by Gasteiger charge is 2.33. The number of nitrogens with zero attached hydrogens (tertiary/aromatic N) is 4. The number of nitrogens with one attached hydrogen (secondary N) is 1. The molecule has 0 radical (unpaired) electrons. The predicted octanol–water partition coefficient (Wildman–Crippen LogP) is -0.100. The summed E-state index contributed by atoms with van der Waals surface area (Å²) >= 11 is 0. The zero-order valence-corrected chi connectivity index (χ0v) is 11.7. The number of amides is 1. The van der Waals surface area contributed by atoms with Gasteiger partial charge in [0.05, 0.1) is 11.7 Å². The van der Waals surface area contributed by atoms with Crippen molar-refractivity contribution in [2.45, 2.75) is 19.0 Å². The average molecular weight is 263 g/mol. The Morgan fingerprint density at radius 2 is 2.32 bits per heavy atom. The highest BCUT2D eigenvalue weighted by Crippen LogP contribution is 2.21. The second-order valence-electron chi connectivity index (χ2n) is 5.00. The minimum atomic E-state index is -0.138. The van der Waals surface area contributed by atoms with Crippen LogP contribution < -0.4 is 5.32 Å². The van der Waals surface area contributed by atoms with Gasteiger partial charge in [0.1, 0.15) is 6.04 Å². The smallest absolute Gasteiger partial charge is 0.240 e.